The van der Waals surface area contributed by atoms with Crippen molar-refractivity contribution in [3.63, 3.8) is 0 Å². The number of aromatic nitrogens is 4. The van der Waals surface area contributed by atoms with E-state index in [2.05, 4.69) is 31.1 Å². The quantitative estimate of drug-likeness (QED) is 0.834. The fraction of sp³-hybridized carbons (Fsp3) is 0.333. The molecule has 18 heavy (non-hydrogen) atoms. The Balaban J connectivity index is 2.44. The summed E-state index contributed by atoms with van der Waals surface area (Å²) >= 11 is 4.41. The summed E-state index contributed by atoms with van der Waals surface area (Å²) in [6.45, 7) is 1.58. The van der Waals surface area contributed by atoms with Crippen molar-refractivity contribution in [3.8, 4) is 0 Å². The largest absolute Gasteiger partial charge is 0.414 e. The Hall–Kier alpha value is -1.35. The van der Waals surface area contributed by atoms with Crippen molar-refractivity contribution in [2.45, 2.75) is 18.7 Å². The fourth-order valence-electron chi connectivity index (χ4n) is 1.32. The molecule has 0 saturated heterocycles. The molecule has 0 spiro atoms. The first-order chi connectivity index (χ1) is 8.52. The van der Waals surface area contributed by atoms with E-state index in [1.165, 1.54) is 11.8 Å². The highest BCUT2D eigenvalue weighted by molar-refractivity contribution is 9.10. The highest BCUT2D eigenvalue weighted by Crippen LogP contribution is 2.12. The summed E-state index contributed by atoms with van der Waals surface area (Å²) in [7, 11) is 0. The average Bonchev–Trinajstić information content (AvgIpc) is 2.80. The summed E-state index contributed by atoms with van der Waals surface area (Å²) in [6.07, 6.45) is 1.79. The van der Waals surface area contributed by atoms with Crippen molar-refractivity contribution < 1.29 is 4.42 Å². The van der Waals surface area contributed by atoms with Crippen LogP contribution in [0.4, 0.5) is 0 Å². The molecule has 2 aromatic rings. The maximum Gasteiger partial charge on any atom is 0.329 e. The van der Waals surface area contributed by atoms with Crippen molar-refractivity contribution in [2.24, 2.45) is 0 Å². The van der Waals surface area contributed by atoms with Crippen LogP contribution in [0.3, 0.4) is 0 Å². The maximum absolute atomic E-state index is 11.9. The highest BCUT2D eigenvalue weighted by Gasteiger charge is 2.12. The standard InChI is InChI=1S/C9H9BrN4O3S/c1-4-6(10)7(15)14(8(16)11-4)3-5-12-13-9(17-5)18-2/h3H2,1-2H3,(H,11,16). The summed E-state index contributed by atoms with van der Waals surface area (Å²) in [4.78, 5) is 26.1. The number of H-pyrrole nitrogens is 1. The smallest absolute Gasteiger partial charge is 0.329 e. The van der Waals surface area contributed by atoms with Gasteiger partial charge in [-0.3, -0.25) is 4.79 Å². The van der Waals surface area contributed by atoms with Gasteiger partial charge in [-0.15, -0.1) is 10.2 Å². The van der Waals surface area contributed by atoms with E-state index in [0.717, 1.165) is 4.57 Å². The van der Waals surface area contributed by atoms with E-state index in [1.54, 1.807) is 13.2 Å². The molecule has 0 fully saturated rings. The zero-order valence-corrected chi connectivity index (χ0v) is 12.0. The molecule has 0 bridgehead atoms. The lowest BCUT2D eigenvalue weighted by Gasteiger charge is -2.03. The number of hydrogen-bond acceptors (Lipinski definition) is 6. The predicted octanol–water partition coefficient (Wildman–Crippen LogP) is 0.761. The minimum absolute atomic E-state index is 0.0550. The minimum Gasteiger partial charge on any atom is -0.414 e. The molecule has 0 unspecified atom stereocenters. The van der Waals surface area contributed by atoms with Gasteiger partial charge in [0.05, 0.1) is 0 Å². The third-order valence-corrected chi connectivity index (χ3v) is 3.67. The monoisotopic (exact) mass is 332 g/mol. The molecule has 9 heteroatoms. The van der Waals surface area contributed by atoms with Gasteiger partial charge in [-0.1, -0.05) is 11.8 Å². The second-order valence-corrected chi connectivity index (χ2v) is 4.98. The van der Waals surface area contributed by atoms with Crippen molar-refractivity contribution in [2.75, 3.05) is 6.26 Å². The van der Waals surface area contributed by atoms with Gasteiger partial charge < -0.3 is 9.40 Å². The van der Waals surface area contributed by atoms with Crippen molar-refractivity contribution in [1.29, 1.82) is 0 Å². The normalized spacial score (nSPS) is 10.8. The van der Waals surface area contributed by atoms with Gasteiger partial charge in [-0.2, -0.15) is 0 Å². The van der Waals surface area contributed by atoms with Crippen LogP contribution in [0.5, 0.6) is 0 Å². The summed E-state index contributed by atoms with van der Waals surface area (Å²) in [5.74, 6) is 0.211. The van der Waals surface area contributed by atoms with Crippen LogP contribution >= 0.6 is 27.7 Å². The highest BCUT2D eigenvalue weighted by atomic mass is 79.9. The lowest BCUT2D eigenvalue weighted by Crippen LogP contribution is -2.36. The molecule has 0 aliphatic carbocycles. The molecule has 0 amide bonds. The molecule has 2 heterocycles. The van der Waals surface area contributed by atoms with Crippen LogP contribution in [-0.2, 0) is 6.54 Å². The van der Waals surface area contributed by atoms with E-state index in [1.807, 2.05) is 0 Å². The van der Waals surface area contributed by atoms with Crippen LogP contribution in [0.2, 0.25) is 0 Å². The Morgan fingerprint density at radius 2 is 2.17 bits per heavy atom. The molecule has 0 aliphatic rings. The van der Waals surface area contributed by atoms with Gasteiger partial charge in [0, 0.05) is 5.69 Å². The van der Waals surface area contributed by atoms with Crippen molar-refractivity contribution in [3.05, 3.63) is 36.9 Å². The molecule has 0 aliphatic heterocycles. The minimum atomic E-state index is -0.510. The van der Waals surface area contributed by atoms with E-state index in [-0.39, 0.29) is 12.4 Å². The summed E-state index contributed by atoms with van der Waals surface area (Å²) < 4.78 is 6.54. The Kier molecular flexibility index (Phi) is 3.71. The van der Waals surface area contributed by atoms with E-state index < -0.39 is 11.2 Å². The molecule has 7 nitrogen and oxygen atoms in total. The first-order valence-corrected chi connectivity index (χ1v) is 6.90. The van der Waals surface area contributed by atoms with E-state index >= 15 is 0 Å². The van der Waals surface area contributed by atoms with Gasteiger partial charge >= 0.3 is 5.69 Å². The molecule has 0 radical (unpaired) electrons. The molecule has 2 aromatic heterocycles. The van der Waals surface area contributed by atoms with Crippen molar-refractivity contribution in [1.82, 2.24) is 19.7 Å². The zero-order chi connectivity index (χ0) is 13.3. The molecule has 0 saturated carbocycles. The first kappa shape index (κ1) is 13.1. The SMILES string of the molecule is CSc1nnc(Cn2c(=O)[nH]c(C)c(Br)c2=O)o1. The number of halogens is 1. The number of aryl methyl sites for hydroxylation is 1. The second-order valence-electron chi connectivity index (χ2n) is 3.43. The molecular weight excluding hydrogens is 324 g/mol. The number of aromatic amines is 1. The van der Waals surface area contributed by atoms with Crippen LogP contribution < -0.4 is 11.2 Å². The molecule has 96 valence electrons. The summed E-state index contributed by atoms with van der Waals surface area (Å²) in [6, 6.07) is 0. The number of nitrogens with zero attached hydrogens (tertiary/aromatic N) is 3. The van der Waals surface area contributed by atoms with Gasteiger partial charge in [0.25, 0.3) is 10.8 Å². The molecule has 0 aromatic carbocycles. The van der Waals surface area contributed by atoms with Crippen LogP contribution in [0, 0.1) is 6.92 Å². The van der Waals surface area contributed by atoms with Crippen LogP contribution in [0.1, 0.15) is 11.6 Å². The predicted molar refractivity (Wildman–Crippen MR) is 68.9 cm³/mol. The molecular formula is C9H9BrN4O3S. The number of hydrogen-bond donors (Lipinski definition) is 1. The van der Waals surface area contributed by atoms with Gasteiger partial charge in [0.15, 0.2) is 0 Å². The topological polar surface area (TPSA) is 93.8 Å². The first-order valence-electron chi connectivity index (χ1n) is 4.88. The maximum atomic E-state index is 11.9. The summed E-state index contributed by atoms with van der Waals surface area (Å²) in [5.41, 5.74) is -0.457. The Bertz CT molecular complexity index is 690. The zero-order valence-electron chi connectivity index (χ0n) is 9.56. The Labute approximate surface area is 114 Å². The third-order valence-electron chi connectivity index (χ3n) is 2.22. The molecule has 1 N–H and O–H groups in total. The lowest BCUT2D eigenvalue weighted by atomic mass is 10.4. The van der Waals surface area contributed by atoms with Crippen LogP contribution in [0.25, 0.3) is 0 Å². The van der Waals surface area contributed by atoms with Crippen LogP contribution in [0.15, 0.2) is 23.7 Å². The van der Waals surface area contributed by atoms with Gasteiger partial charge in [-0.25, -0.2) is 9.36 Å². The molecule has 0 atom stereocenters. The lowest BCUT2D eigenvalue weighted by molar-refractivity contribution is 0.399. The fourth-order valence-corrected chi connectivity index (χ4v) is 1.93. The third kappa shape index (κ3) is 2.41. The van der Waals surface area contributed by atoms with Gasteiger partial charge in [0.1, 0.15) is 11.0 Å². The number of rotatable bonds is 3. The van der Waals surface area contributed by atoms with E-state index in [0.29, 0.717) is 15.4 Å². The van der Waals surface area contributed by atoms with E-state index in [4.69, 9.17) is 4.42 Å². The average molecular weight is 333 g/mol. The molecule has 2 rings (SSSR count). The Morgan fingerprint density at radius 1 is 1.44 bits per heavy atom. The number of thioether (sulfide) groups is 1. The number of nitrogens with one attached hydrogen (secondary N) is 1. The van der Waals surface area contributed by atoms with E-state index in [9.17, 15) is 9.59 Å². The second kappa shape index (κ2) is 5.11. The van der Waals surface area contributed by atoms with Crippen LogP contribution in [-0.4, -0.2) is 26.0 Å². The van der Waals surface area contributed by atoms with Gasteiger partial charge in [-0.05, 0) is 29.1 Å². The Morgan fingerprint density at radius 3 is 2.78 bits per heavy atom. The van der Waals surface area contributed by atoms with Gasteiger partial charge in [0.2, 0.25) is 5.89 Å². The summed E-state index contributed by atoms with van der Waals surface area (Å²) in [5, 5.41) is 7.88. The van der Waals surface area contributed by atoms with Crippen molar-refractivity contribution >= 4 is 27.7 Å².